The summed E-state index contributed by atoms with van der Waals surface area (Å²) in [7, 11) is 1.80. The molecule has 0 aromatic carbocycles. The maximum absolute atomic E-state index is 11.6. The summed E-state index contributed by atoms with van der Waals surface area (Å²) in [6, 6.07) is 2.08. The molecule has 2 nitrogen and oxygen atoms in total. The molecule has 13 heavy (non-hydrogen) atoms. The number of rotatable bonds is 0. The van der Waals surface area contributed by atoms with Crippen LogP contribution in [-0.4, -0.2) is 4.57 Å². The second-order valence-electron chi connectivity index (χ2n) is 3.31. The molecule has 2 aromatic heterocycles. The highest BCUT2D eigenvalue weighted by Crippen LogP contribution is 2.25. The Morgan fingerprint density at radius 2 is 2.08 bits per heavy atom. The van der Waals surface area contributed by atoms with Crippen LogP contribution in [0.5, 0.6) is 0 Å². The molecule has 0 aliphatic rings. The molecule has 2 rings (SSSR count). The van der Waals surface area contributed by atoms with Crippen LogP contribution in [0.15, 0.2) is 17.1 Å². The largest absolute Gasteiger partial charge is 0.317 e. The molecule has 2 aromatic rings. The minimum atomic E-state index is 0.102. The average molecular weight is 193 g/mol. The maximum atomic E-state index is 11.6. The highest BCUT2D eigenvalue weighted by molar-refractivity contribution is 7.19. The zero-order valence-electron chi connectivity index (χ0n) is 7.92. The van der Waals surface area contributed by atoms with Gasteiger partial charge in [0.15, 0.2) is 0 Å². The molecule has 0 fully saturated rings. The quantitative estimate of drug-likeness (QED) is 0.628. The fourth-order valence-corrected chi connectivity index (χ4v) is 2.59. The van der Waals surface area contributed by atoms with E-state index in [2.05, 4.69) is 13.0 Å². The molecule has 0 radical (unpaired) electrons. The zero-order valence-corrected chi connectivity index (χ0v) is 8.73. The van der Waals surface area contributed by atoms with Crippen LogP contribution in [0.4, 0.5) is 0 Å². The van der Waals surface area contributed by atoms with Gasteiger partial charge >= 0.3 is 0 Å². The van der Waals surface area contributed by atoms with E-state index in [-0.39, 0.29) is 5.56 Å². The van der Waals surface area contributed by atoms with Crippen LogP contribution in [0.1, 0.15) is 10.4 Å². The molecule has 0 N–H and O–H groups in total. The lowest BCUT2D eigenvalue weighted by molar-refractivity contribution is 0.861. The summed E-state index contributed by atoms with van der Waals surface area (Å²) < 4.78 is 2.84. The topological polar surface area (TPSA) is 22.0 Å². The Morgan fingerprint density at radius 3 is 2.77 bits per heavy atom. The molecule has 0 amide bonds. The van der Waals surface area contributed by atoms with Crippen molar-refractivity contribution in [2.45, 2.75) is 13.8 Å². The van der Waals surface area contributed by atoms with E-state index in [1.807, 2.05) is 13.1 Å². The minimum Gasteiger partial charge on any atom is -0.317 e. The molecule has 0 saturated carbocycles. The van der Waals surface area contributed by atoms with E-state index < -0.39 is 0 Å². The van der Waals surface area contributed by atoms with Crippen molar-refractivity contribution in [1.29, 1.82) is 0 Å². The van der Waals surface area contributed by atoms with Crippen LogP contribution in [-0.2, 0) is 7.05 Å². The highest BCUT2D eigenvalue weighted by Gasteiger charge is 2.05. The third kappa shape index (κ3) is 1.20. The Balaban J connectivity index is 3.01. The van der Waals surface area contributed by atoms with E-state index in [1.165, 1.54) is 9.58 Å². The third-order valence-electron chi connectivity index (χ3n) is 2.24. The molecule has 2 heterocycles. The number of nitrogens with zero attached hydrogens (tertiary/aromatic N) is 1. The Kier molecular flexibility index (Phi) is 1.77. The van der Waals surface area contributed by atoms with Gasteiger partial charge in [-0.05, 0) is 19.9 Å². The normalized spacial score (nSPS) is 11.0. The predicted molar refractivity (Wildman–Crippen MR) is 56.5 cm³/mol. The molecular weight excluding hydrogens is 182 g/mol. The Hall–Kier alpha value is -1.09. The van der Waals surface area contributed by atoms with Gasteiger partial charge in [-0.1, -0.05) is 0 Å². The maximum Gasteiger partial charge on any atom is 0.253 e. The first-order valence-electron chi connectivity index (χ1n) is 4.16. The number of hydrogen-bond donors (Lipinski definition) is 0. The van der Waals surface area contributed by atoms with Crippen molar-refractivity contribution in [2.75, 3.05) is 0 Å². The lowest BCUT2D eigenvalue weighted by Crippen LogP contribution is -2.17. The van der Waals surface area contributed by atoms with E-state index in [1.54, 1.807) is 23.0 Å². The van der Waals surface area contributed by atoms with Crippen molar-refractivity contribution >= 4 is 21.4 Å². The standard InChI is InChI=1S/C10H11NOS/c1-6-4-8-7(2)10(12)11(3)5-9(8)13-6/h4-5H,1-3H3. The number of pyridine rings is 1. The molecule has 0 spiro atoms. The van der Waals surface area contributed by atoms with Gasteiger partial charge in [0.2, 0.25) is 0 Å². The van der Waals surface area contributed by atoms with Crippen LogP contribution in [0.25, 0.3) is 10.1 Å². The molecule has 0 saturated heterocycles. The summed E-state index contributed by atoms with van der Waals surface area (Å²) in [6.07, 6.45) is 1.91. The minimum absolute atomic E-state index is 0.102. The molecule has 0 aliphatic heterocycles. The lowest BCUT2D eigenvalue weighted by Gasteiger charge is -1.99. The summed E-state index contributed by atoms with van der Waals surface area (Å²) in [4.78, 5) is 12.8. The molecular formula is C10H11NOS. The van der Waals surface area contributed by atoms with Crippen molar-refractivity contribution in [3.8, 4) is 0 Å². The van der Waals surface area contributed by atoms with E-state index >= 15 is 0 Å². The molecule has 68 valence electrons. The number of hydrogen-bond acceptors (Lipinski definition) is 2. The predicted octanol–water partition coefficient (Wildman–Crippen LogP) is 2.22. The van der Waals surface area contributed by atoms with Crippen molar-refractivity contribution < 1.29 is 0 Å². The lowest BCUT2D eigenvalue weighted by atomic mass is 10.2. The van der Waals surface area contributed by atoms with E-state index in [4.69, 9.17) is 0 Å². The van der Waals surface area contributed by atoms with Gasteiger partial charge < -0.3 is 4.57 Å². The first kappa shape index (κ1) is 8.51. The first-order valence-corrected chi connectivity index (χ1v) is 4.97. The molecule has 0 atom stereocenters. The summed E-state index contributed by atoms with van der Waals surface area (Å²) in [5.74, 6) is 0. The third-order valence-corrected chi connectivity index (χ3v) is 3.23. The van der Waals surface area contributed by atoms with Gasteiger partial charge in [-0.2, -0.15) is 0 Å². The highest BCUT2D eigenvalue weighted by atomic mass is 32.1. The van der Waals surface area contributed by atoms with Gasteiger partial charge in [0.05, 0.1) is 4.70 Å². The van der Waals surface area contributed by atoms with Gasteiger partial charge in [-0.3, -0.25) is 4.79 Å². The van der Waals surface area contributed by atoms with Gasteiger partial charge in [-0.25, -0.2) is 0 Å². The molecule has 0 aliphatic carbocycles. The fraction of sp³-hybridized carbons (Fsp3) is 0.300. The average Bonchev–Trinajstić information content (AvgIpc) is 2.42. The van der Waals surface area contributed by atoms with Crippen LogP contribution in [0.2, 0.25) is 0 Å². The molecule has 3 heteroatoms. The summed E-state index contributed by atoms with van der Waals surface area (Å²) in [6.45, 7) is 3.95. The summed E-state index contributed by atoms with van der Waals surface area (Å²) >= 11 is 1.73. The van der Waals surface area contributed by atoms with E-state index in [9.17, 15) is 4.79 Å². The smallest absolute Gasteiger partial charge is 0.253 e. The number of aryl methyl sites for hydroxylation is 3. The van der Waals surface area contributed by atoms with Crippen LogP contribution in [0, 0.1) is 13.8 Å². The van der Waals surface area contributed by atoms with Crippen molar-refractivity contribution in [1.82, 2.24) is 4.57 Å². The van der Waals surface area contributed by atoms with Crippen LogP contribution < -0.4 is 5.56 Å². The monoisotopic (exact) mass is 193 g/mol. The van der Waals surface area contributed by atoms with Crippen molar-refractivity contribution in [3.63, 3.8) is 0 Å². The van der Waals surface area contributed by atoms with E-state index in [0.29, 0.717) is 0 Å². The Morgan fingerprint density at radius 1 is 1.38 bits per heavy atom. The second kappa shape index (κ2) is 2.70. The van der Waals surface area contributed by atoms with Crippen molar-refractivity contribution in [2.24, 2.45) is 7.05 Å². The fourth-order valence-electron chi connectivity index (χ4n) is 1.54. The SMILES string of the molecule is Cc1cc2c(C)c(=O)n(C)cc2s1. The Bertz CT molecular complexity index is 521. The number of aromatic nitrogens is 1. The van der Waals surface area contributed by atoms with Gasteiger partial charge in [-0.15, -0.1) is 11.3 Å². The molecule has 0 bridgehead atoms. The van der Waals surface area contributed by atoms with Gasteiger partial charge in [0.25, 0.3) is 5.56 Å². The van der Waals surface area contributed by atoms with E-state index in [0.717, 1.165) is 10.9 Å². The Labute approximate surface area is 80.4 Å². The number of thiophene rings is 1. The van der Waals surface area contributed by atoms with Gasteiger partial charge in [0, 0.05) is 29.1 Å². The first-order chi connectivity index (χ1) is 6.09. The molecule has 0 unspecified atom stereocenters. The van der Waals surface area contributed by atoms with Crippen molar-refractivity contribution in [3.05, 3.63) is 33.1 Å². The summed E-state index contributed by atoms with van der Waals surface area (Å²) in [5, 5.41) is 1.10. The van der Waals surface area contributed by atoms with Crippen LogP contribution >= 0.6 is 11.3 Å². The number of fused-ring (bicyclic) bond motifs is 1. The van der Waals surface area contributed by atoms with Gasteiger partial charge in [0.1, 0.15) is 0 Å². The summed E-state index contributed by atoms with van der Waals surface area (Å²) in [5.41, 5.74) is 0.953. The zero-order chi connectivity index (χ0) is 9.59. The second-order valence-corrected chi connectivity index (χ2v) is 4.59. The van der Waals surface area contributed by atoms with Crippen LogP contribution in [0.3, 0.4) is 0 Å².